The lowest BCUT2D eigenvalue weighted by Gasteiger charge is -2.15. The molecule has 124 valence electrons. The van der Waals surface area contributed by atoms with E-state index in [-0.39, 0.29) is 18.9 Å². The number of rotatable bonds is 5. The van der Waals surface area contributed by atoms with Crippen LogP contribution in [0.15, 0.2) is 36.4 Å². The zero-order chi connectivity index (χ0) is 17.0. The molecule has 0 saturated heterocycles. The van der Waals surface area contributed by atoms with Crippen molar-refractivity contribution >= 4 is 23.2 Å². The summed E-state index contributed by atoms with van der Waals surface area (Å²) < 4.78 is 46.5. The van der Waals surface area contributed by atoms with Crippen molar-refractivity contribution in [2.75, 3.05) is 13.2 Å². The van der Waals surface area contributed by atoms with E-state index in [2.05, 4.69) is 4.74 Å². The molecule has 0 fully saturated rings. The van der Waals surface area contributed by atoms with E-state index in [1.54, 1.807) is 18.2 Å². The van der Waals surface area contributed by atoms with Gasteiger partial charge in [-0.15, -0.1) is 13.2 Å². The lowest BCUT2D eigenvalue weighted by Crippen LogP contribution is -2.18. The molecule has 0 heterocycles. The lowest BCUT2D eigenvalue weighted by atomic mass is 10.1. The standard InChI is InChI=1S/C15H12Cl2F3NO2/c16-11-3-1-2-10(14(11)17)9-4-5-12(23-15(18,19)20)13(8-9)22-7-6-21/h1-5,8H,6-7,21H2. The molecule has 0 unspecified atom stereocenters. The number of hydrogen-bond donors (Lipinski definition) is 1. The van der Waals surface area contributed by atoms with E-state index in [1.807, 2.05) is 0 Å². The summed E-state index contributed by atoms with van der Waals surface area (Å²) in [5.41, 5.74) is 6.43. The molecule has 0 aliphatic carbocycles. The van der Waals surface area contributed by atoms with Gasteiger partial charge in [0.25, 0.3) is 0 Å². The monoisotopic (exact) mass is 365 g/mol. The highest BCUT2D eigenvalue weighted by Crippen LogP contribution is 2.39. The summed E-state index contributed by atoms with van der Waals surface area (Å²) in [6.07, 6.45) is -4.82. The quantitative estimate of drug-likeness (QED) is 0.819. The van der Waals surface area contributed by atoms with Gasteiger partial charge in [-0.05, 0) is 23.8 Å². The van der Waals surface area contributed by atoms with Crippen LogP contribution in [0.5, 0.6) is 11.5 Å². The van der Waals surface area contributed by atoms with Crippen molar-refractivity contribution < 1.29 is 22.6 Å². The lowest BCUT2D eigenvalue weighted by molar-refractivity contribution is -0.275. The topological polar surface area (TPSA) is 44.5 Å². The van der Waals surface area contributed by atoms with Gasteiger partial charge in [0.05, 0.1) is 10.0 Å². The van der Waals surface area contributed by atoms with E-state index in [0.717, 1.165) is 6.07 Å². The van der Waals surface area contributed by atoms with Gasteiger partial charge in [-0.2, -0.15) is 0 Å². The number of benzene rings is 2. The fourth-order valence-corrected chi connectivity index (χ4v) is 2.30. The summed E-state index contributed by atoms with van der Waals surface area (Å²) in [4.78, 5) is 0. The molecule has 0 spiro atoms. The van der Waals surface area contributed by atoms with E-state index in [1.165, 1.54) is 12.1 Å². The normalized spacial score (nSPS) is 11.4. The number of ether oxygens (including phenoxy) is 2. The Morgan fingerprint density at radius 3 is 2.43 bits per heavy atom. The summed E-state index contributed by atoms with van der Waals surface area (Å²) in [5, 5.41) is 0.632. The van der Waals surface area contributed by atoms with Crippen LogP contribution in [0, 0.1) is 0 Å². The Bertz CT molecular complexity index is 693. The third-order valence-corrected chi connectivity index (χ3v) is 3.63. The first-order chi connectivity index (χ1) is 10.8. The zero-order valence-corrected chi connectivity index (χ0v) is 13.2. The van der Waals surface area contributed by atoms with Crippen molar-refractivity contribution in [3.63, 3.8) is 0 Å². The second-order valence-electron chi connectivity index (χ2n) is 4.45. The smallest absolute Gasteiger partial charge is 0.488 e. The first kappa shape index (κ1) is 17.7. The minimum Gasteiger partial charge on any atom is -0.488 e. The van der Waals surface area contributed by atoms with E-state index in [9.17, 15) is 13.2 Å². The third kappa shape index (κ3) is 4.67. The van der Waals surface area contributed by atoms with E-state index in [0.29, 0.717) is 21.2 Å². The number of alkyl halides is 3. The molecule has 3 nitrogen and oxygen atoms in total. The van der Waals surface area contributed by atoms with E-state index >= 15 is 0 Å². The van der Waals surface area contributed by atoms with Crippen molar-refractivity contribution in [3.05, 3.63) is 46.4 Å². The molecule has 0 bridgehead atoms. The van der Waals surface area contributed by atoms with Gasteiger partial charge in [-0.1, -0.05) is 41.4 Å². The molecule has 0 amide bonds. The average Bonchev–Trinajstić information content (AvgIpc) is 2.48. The second kappa shape index (κ2) is 7.29. The van der Waals surface area contributed by atoms with Crippen LogP contribution in [-0.4, -0.2) is 19.5 Å². The molecule has 0 radical (unpaired) electrons. The van der Waals surface area contributed by atoms with Crippen LogP contribution in [0.1, 0.15) is 0 Å². The van der Waals surface area contributed by atoms with Crippen molar-refractivity contribution in [3.8, 4) is 22.6 Å². The highest BCUT2D eigenvalue weighted by Gasteiger charge is 2.32. The Morgan fingerprint density at radius 1 is 1.04 bits per heavy atom. The van der Waals surface area contributed by atoms with Crippen LogP contribution in [0.2, 0.25) is 10.0 Å². The predicted molar refractivity (Wildman–Crippen MR) is 83.1 cm³/mol. The summed E-state index contributed by atoms with van der Waals surface area (Å²) in [6.45, 7) is 0.189. The number of halogens is 5. The average molecular weight is 366 g/mol. The molecule has 2 rings (SSSR count). The van der Waals surface area contributed by atoms with Crippen LogP contribution in [-0.2, 0) is 0 Å². The minimum absolute atomic E-state index is 0.0426. The van der Waals surface area contributed by atoms with Gasteiger partial charge in [0.1, 0.15) is 6.61 Å². The number of hydrogen-bond acceptors (Lipinski definition) is 3. The molecule has 0 aliphatic heterocycles. The molecular weight excluding hydrogens is 354 g/mol. The van der Waals surface area contributed by atoms with E-state index < -0.39 is 12.1 Å². The van der Waals surface area contributed by atoms with Crippen LogP contribution in [0.3, 0.4) is 0 Å². The number of nitrogens with two attached hydrogens (primary N) is 1. The Morgan fingerprint density at radius 2 is 1.78 bits per heavy atom. The van der Waals surface area contributed by atoms with Gasteiger partial charge >= 0.3 is 6.36 Å². The first-order valence-electron chi connectivity index (χ1n) is 6.49. The molecule has 0 saturated carbocycles. The Hall–Kier alpha value is -1.63. The molecular formula is C15H12Cl2F3NO2. The summed E-state index contributed by atoms with van der Waals surface area (Å²) in [7, 11) is 0. The highest BCUT2D eigenvalue weighted by atomic mass is 35.5. The fraction of sp³-hybridized carbons (Fsp3) is 0.200. The molecule has 2 N–H and O–H groups in total. The Labute approximate surface area is 140 Å². The highest BCUT2D eigenvalue weighted by molar-refractivity contribution is 6.43. The third-order valence-electron chi connectivity index (χ3n) is 2.81. The summed E-state index contributed by atoms with van der Waals surface area (Å²) in [5.74, 6) is -0.533. The van der Waals surface area contributed by atoms with Crippen molar-refractivity contribution in [1.29, 1.82) is 0 Å². The zero-order valence-electron chi connectivity index (χ0n) is 11.7. The first-order valence-corrected chi connectivity index (χ1v) is 7.24. The molecule has 0 atom stereocenters. The molecule has 8 heteroatoms. The van der Waals surface area contributed by atoms with Crippen LogP contribution >= 0.6 is 23.2 Å². The summed E-state index contributed by atoms with van der Waals surface area (Å²) >= 11 is 12.1. The predicted octanol–water partition coefficient (Wildman–Crippen LogP) is 4.90. The van der Waals surface area contributed by atoms with Gasteiger partial charge in [0.2, 0.25) is 0 Å². The molecule has 0 aromatic heterocycles. The maximum atomic E-state index is 12.4. The molecule has 2 aromatic carbocycles. The van der Waals surface area contributed by atoms with Crippen LogP contribution in [0.25, 0.3) is 11.1 Å². The Balaban J connectivity index is 2.45. The molecule has 2 aromatic rings. The van der Waals surface area contributed by atoms with E-state index in [4.69, 9.17) is 33.7 Å². The van der Waals surface area contributed by atoms with Crippen LogP contribution < -0.4 is 15.2 Å². The van der Waals surface area contributed by atoms with Crippen molar-refractivity contribution in [2.45, 2.75) is 6.36 Å². The van der Waals surface area contributed by atoms with Crippen molar-refractivity contribution in [2.24, 2.45) is 5.73 Å². The van der Waals surface area contributed by atoms with Gasteiger partial charge in [-0.3, -0.25) is 0 Å². The van der Waals surface area contributed by atoms with Gasteiger partial charge in [-0.25, -0.2) is 0 Å². The van der Waals surface area contributed by atoms with Gasteiger partial charge in [0.15, 0.2) is 11.5 Å². The van der Waals surface area contributed by atoms with Gasteiger partial charge in [0, 0.05) is 12.1 Å². The molecule has 23 heavy (non-hydrogen) atoms. The van der Waals surface area contributed by atoms with Crippen molar-refractivity contribution in [1.82, 2.24) is 0 Å². The second-order valence-corrected chi connectivity index (χ2v) is 5.23. The summed E-state index contributed by atoms with van der Waals surface area (Å²) in [6, 6.07) is 8.99. The van der Waals surface area contributed by atoms with Gasteiger partial charge < -0.3 is 15.2 Å². The molecule has 0 aliphatic rings. The maximum Gasteiger partial charge on any atom is 0.573 e. The largest absolute Gasteiger partial charge is 0.573 e. The Kier molecular flexibility index (Phi) is 5.62. The fourth-order valence-electron chi connectivity index (χ4n) is 1.89. The minimum atomic E-state index is -4.82. The SMILES string of the molecule is NCCOc1cc(-c2cccc(Cl)c2Cl)ccc1OC(F)(F)F. The van der Waals surface area contributed by atoms with Crippen LogP contribution in [0.4, 0.5) is 13.2 Å². The maximum absolute atomic E-state index is 12.4.